The van der Waals surface area contributed by atoms with Crippen LogP contribution >= 0.6 is 0 Å². The number of nitrogen functional groups attached to an aromatic ring is 1. The molecule has 6 nitrogen and oxygen atoms in total. The normalized spacial score (nSPS) is 18.7. The van der Waals surface area contributed by atoms with Crippen LogP contribution in [0.4, 0.5) is 5.82 Å². The van der Waals surface area contributed by atoms with Gasteiger partial charge >= 0.3 is 0 Å². The first kappa shape index (κ1) is 15.2. The molecule has 0 saturated heterocycles. The van der Waals surface area contributed by atoms with E-state index in [-0.39, 0.29) is 5.91 Å². The summed E-state index contributed by atoms with van der Waals surface area (Å²) in [5.41, 5.74) is 9.46. The van der Waals surface area contributed by atoms with Crippen LogP contribution in [0.25, 0.3) is 11.3 Å². The van der Waals surface area contributed by atoms with E-state index in [1.807, 2.05) is 24.2 Å². The number of nitrogens with zero attached hydrogens (tertiary/aromatic N) is 4. The number of fused-ring (bicyclic) bond motifs is 1. The number of amides is 1. The molecule has 1 saturated carbocycles. The molecule has 2 aromatic rings. The van der Waals surface area contributed by atoms with E-state index in [2.05, 4.69) is 10.1 Å². The first-order valence-corrected chi connectivity index (χ1v) is 8.73. The highest BCUT2D eigenvalue weighted by atomic mass is 16.2. The summed E-state index contributed by atoms with van der Waals surface area (Å²) >= 11 is 0. The summed E-state index contributed by atoms with van der Waals surface area (Å²) in [6.07, 6.45) is 10.4. The van der Waals surface area contributed by atoms with Crippen LogP contribution in [0.5, 0.6) is 0 Å². The van der Waals surface area contributed by atoms with Crippen LogP contribution in [0.1, 0.15) is 48.0 Å². The Morgan fingerprint density at radius 1 is 1.25 bits per heavy atom. The smallest absolute Gasteiger partial charge is 0.258 e. The van der Waals surface area contributed by atoms with Crippen molar-refractivity contribution in [2.24, 2.45) is 7.05 Å². The third-order valence-corrected chi connectivity index (χ3v) is 5.30. The van der Waals surface area contributed by atoms with Crippen LogP contribution in [-0.4, -0.2) is 38.2 Å². The summed E-state index contributed by atoms with van der Waals surface area (Å²) < 4.78 is 1.76. The van der Waals surface area contributed by atoms with E-state index in [1.54, 1.807) is 10.9 Å². The Balaban J connectivity index is 1.73. The van der Waals surface area contributed by atoms with Crippen molar-refractivity contribution in [1.82, 2.24) is 19.7 Å². The molecule has 1 aliphatic heterocycles. The predicted octanol–water partition coefficient (Wildman–Crippen LogP) is 2.40. The van der Waals surface area contributed by atoms with E-state index >= 15 is 0 Å². The van der Waals surface area contributed by atoms with Crippen LogP contribution < -0.4 is 5.73 Å². The Kier molecular flexibility index (Phi) is 3.75. The number of carbonyl (C=O) groups excluding carboxylic acids is 1. The highest BCUT2D eigenvalue weighted by Gasteiger charge is 2.34. The van der Waals surface area contributed by atoms with Crippen molar-refractivity contribution in [3.8, 4) is 11.3 Å². The van der Waals surface area contributed by atoms with Gasteiger partial charge in [0, 0.05) is 37.6 Å². The number of hydrogen-bond donors (Lipinski definition) is 1. The largest absolute Gasteiger partial charge is 0.383 e. The summed E-state index contributed by atoms with van der Waals surface area (Å²) in [5.74, 6) is 0.390. The molecule has 2 aromatic heterocycles. The van der Waals surface area contributed by atoms with Gasteiger partial charge in [0.1, 0.15) is 5.82 Å². The summed E-state index contributed by atoms with van der Waals surface area (Å²) in [7, 11) is 1.89. The molecule has 0 bridgehead atoms. The van der Waals surface area contributed by atoms with Crippen molar-refractivity contribution < 1.29 is 4.79 Å². The van der Waals surface area contributed by atoms with E-state index in [9.17, 15) is 4.79 Å². The first-order chi connectivity index (χ1) is 11.6. The monoisotopic (exact) mass is 325 g/mol. The SMILES string of the molecule is Cn1ccc(-c2cnc(N)c3c2CCN(C2CCCCC2)C3=O)n1. The molecule has 1 amide bonds. The molecule has 6 heteroatoms. The Morgan fingerprint density at radius 2 is 2.04 bits per heavy atom. The second kappa shape index (κ2) is 5.92. The highest BCUT2D eigenvalue weighted by Crippen LogP contribution is 2.34. The summed E-state index contributed by atoms with van der Waals surface area (Å²) in [6, 6.07) is 2.31. The third-order valence-electron chi connectivity index (χ3n) is 5.30. The van der Waals surface area contributed by atoms with Crippen molar-refractivity contribution in [2.45, 2.75) is 44.6 Å². The maximum absolute atomic E-state index is 13.1. The van der Waals surface area contributed by atoms with Crippen molar-refractivity contribution in [2.75, 3.05) is 12.3 Å². The minimum atomic E-state index is 0.0472. The van der Waals surface area contributed by atoms with Gasteiger partial charge in [-0.1, -0.05) is 19.3 Å². The number of nitrogens with two attached hydrogens (primary N) is 1. The van der Waals surface area contributed by atoms with Gasteiger partial charge in [0.05, 0.1) is 11.3 Å². The van der Waals surface area contributed by atoms with Crippen LogP contribution in [0, 0.1) is 0 Å². The van der Waals surface area contributed by atoms with Gasteiger partial charge in [-0.05, 0) is 30.9 Å². The van der Waals surface area contributed by atoms with Crippen LogP contribution in [0.3, 0.4) is 0 Å². The fourth-order valence-corrected chi connectivity index (χ4v) is 4.06. The van der Waals surface area contributed by atoms with Crippen LogP contribution in [0.2, 0.25) is 0 Å². The molecule has 24 heavy (non-hydrogen) atoms. The number of anilines is 1. The van der Waals surface area contributed by atoms with Gasteiger partial charge in [-0.25, -0.2) is 4.98 Å². The summed E-state index contributed by atoms with van der Waals surface area (Å²) in [5, 5.41) is 4.46. The fourth-order valence-electron chi connectivity index (χ4n) is 4.06. The standard InChI is InChI=1S/C18H23N5O/c1-22-9-8-15(21-22)14-11-20-17(19)16-13(14)7-10-23(18(16)24)12-5-3-2-4-6-12/h8-9,11-12H,2-7,10H2,1H3,(H2,19,20). The van der Waals surface area contributed by atoms with Crippen molar-refractivity contribution in [3.05, 3.63) is 29.6 Å². The zero-order valence-electron chi connectivity index (χ0n) is 14.0. The zero-order valence-corrected chi connectivity index (χ0v) is 14.0. The quantitative estimate of drug-likeness (QED) is 0.920. The maximum Gasteiger partial charge on any atom is 0.258 e. The Labute approximate surface area is 141 Å². The molecule has 0 aromatic carbocycles. The highest BCUT2D eigenvalue weighted by molar-refractivity contribution is 6.02. The van der Waals surface area contributed by atoms with E-state index < -0.39 is 0 Å². The van der Waals surface area contributed by atoms with Crippen LogP contribution in [0.15, 0.2) is 18.5 Å². The molecular weight excluding hydrogens is 302 g/mol. The number of aromatic nitrogens is 3. The van der Waals surface area contributed by atoms with Gasteiger partial charge in [-0.3, -0.25) is 9.48 Å². The number of hydrogen-bond acceptors (Lipinski definition) is 4. The van der Waals surface area contributed by atoms with Gasteiger partial charge in [0.25, 0.3) is 5.91 Å². The second-order valence-electron chi connectivity index (χ2n) is 6.83. The molecular formula is C18H23N5O. The van der Waals surface area contributed by atoms with Gasteiger partial charge in [-0.15, -0.1) is 0 Å². The molecule has 2 aliphatic rings. The van der Waals surface area contributed by atoms with Gasteiger partial charge in [0.15, 0.2) is 0 Å². The van der Waals surface area contributed by atoms with E-state index in [1.165, 1.54) is 19.3 Å². The summed E-state index contributed by atoms with van der Waals surface area (Å²) in [4.78, 5) is 19.4. The molecule has 0 spiro atoms. The number of pyridine rings is 1. The lowest BCUT2D eigenvalue weighted by molar-refractivity contribution is 0.0616. The minimum absolute atomic E-state index is 0.0472. The zero-order chi connectivity index (χ0) is 16.7. The van der Waals surface area contributed by atoms with Crippen molar-refractivity contribution >= 4 is 11.7 Å². The van der Waals surface area contributed by atoms with Crippen molar-refractivity contribution in [3.63, 3.8) is 0 Å². The van der Waals surface area contributed by atoms with Gasteiger partial charge < -0.3 is 10.6 Å². The Morgan fingerprint density at radius 3 is 2.75 bits per heavy atom. The first-order valence-electron chi connectivity index (χ1n) is 8.73. The molecule has 0 radical (unpaired) electrons. The molecule has 1 fully saturated rings. The molecule has 4 rings (SSSR count). The number of rotatable bonds is 2. The van der Waals surface area contributed by atoms with Gasteiger partial charge in [-0.2, -0.15) is 5.10 Å². The lowest BCUT2D eigenvalue weighted by Gasteiger charge is -2.38. The van der Waals surface area contributed by atoms with Gasteiger partial charge in [0.2, 0.25) is 0 Å². The number of aryl methyl sites for hydroxylation is 1. The lowest BCUT2D eigenvalue weighted by atomic mass is 9.89. The maximum atomic E-state index is 13.1. The Hall–Kier alpha value is -2.37. The third kappa shape index (κ3) is 2.46. The molecule has 0 unspecified atom stereocenters. The molecule has 2 N–H and O–H groups in total. The fraction of sp³-hybridized carbons (Fsp3) is 0.500. The van der Waals surface area contributed by atoms with Crippen molar-refractivity contribution in [1.29, 1.82) is 0 Å². The number of carbonyl (C=O) groups is 1. The molecule has 126 valence electrons. The topological polar surface area (TPSA) is 77.0 Å². The lowest BCUT2D eigenvalue weighted by Crippen LogP contribution is -2.46. The summed E-state index contributed by atoms with van der Waals surface area (Å²) in [6.45, 7) is 0.764. The van der Waals surface area contributed by atoms with E-state index in [4.69, 9.17) is 5.73 Å². The van der Waals surface area contributed by atoms with E-state index in [0.717, 1.165) is 42.6 Å². The second-order valence-corrected chi connectivity index (χ2v) is 6.83. The average Bonchev–Trinajstić information content (AvgIpc) is 3.02. The molecule has 0 atom stereocenters. The average molecular weight is 325 g/mol. The van der Waals surface area contributed by atoms with Crippen LogP contribution in [-0.2, 0) is 13.5 Å². The molecule has 1 aliphatic carbocycles. The molecule has 3 heterocycles. The Bertz CT molecular complexity index is 776. The predicted molar refractivity (Wildman–Crippen MR) is 92.5 cm³/mol. The minimum Gasteiger partial charge on any atom is -0.383 e. The van der Waals surface area contributed by atoms with E-state index in [0.29, 0.717) is 17.4 Å².